The first kappa shape index (κ1) is 16.3. The van der Waals surface area contributed by atoms with Gasteiger partial charge >= 0.3 is 0 Å². The molecule has 4 aromatic carbocycles. The summed E-state index contributed by atoms with van der Waals surface area (Å²) in [6.45, 7) is 0. The molecule has 3 nitrogen and oxygen atoms in total. The van der Waals surface area contributed by atoms with Crippen molar-refractivity contribution >= 4 is 22.6 Å². The first-order valence-corrected chi connectivity index (χ1v) is 9.23. The van der Waals surface area contributed by atoms with Crippen molar-refractivity contribution in [3.8, 4) is 11.1 Å². The van der Waals surface area contributed by atoms with Gasteiger partial charge in [-0.15, -0.1) is 0 Å². The molecule has 1 aliphatic heterocycles. The van der Waals surface area contributed by atoms with Crippen molar-refractivity contribution in [1.82, 2.24) is 0 Å². The summed E-state index contributed by atoms with van der Waals surface area (Å²) in [4.78, 5) is 4.74. The molecule has 0 saturated heterocycles. The number of nitrogens with zero attached hydrogens (tertiary/aromatic N) is 1. The fraction of sp³-hybridized carbons (Fsp3) is 0. The second kappa shape index (κ2) is 6.39. The zero-order chi connectivity index (χ0) is 19.1. The number of fused-ring (bicyclic) bond motifs is 3. The van der Waals surface area contributed by atoms with Crippen LogP contribution in [0.5, 0.6) is 0 Å². The average molecular weight is 361 g/mol. The van der Waals surface area contributed by atoms with Crippen LogP contribution in [0.3, 0.4) is 0 Å². The Balaban J connectivity index is 1.81. The van der Waals surface area contributed by atoms with Gasteiger partial charge in [-0.1, -0.05) is 48.5 Å². The number of para-hydroxylation sites is 1. The normalized spacial score (nSPS) is 11.4. The number of nitrogens with two attached hydrogens (primary N) is 2. The van der Waals surface area contributed by atoms with Gasteiger partial charge in [0.2, 0.25) is 0 Å². The predicted octanol–water partition coefficient (Wildman–Crippen LogP) is 4.03. The Morgan fingerprint density at radius 2 is 1.21 bits per heavy atom. The Morgan fingerprint density at radius 1 is 0.607 bits per heavy atom. The van der Waals surface area contributed by atoms with Gasteiger partial charge in [-0.3, -0.25) is 0 Å². The van der Waals surface area contributed by atoms with Crippen LogP contribution in [0.1, 0.15) is 11.1 Å². The van der Waals surface area contributed by atoms with Crippen molar-refractivity contribution in [3.05, 3.63) is 113 Å². The van der Waals surface area contributed by atoms with Crippen molar-refractivity contribution < 1.29 is 0 Å². The highest BCUT2D eigenvalue weighted by atomic mass is 14.8. The molecule has 0 aliphatic carbocycles. The highest BCUT2D eigenvalue weighted by molar-refractivity contribution is 5.83. The maximum atomic E-state index is 5.91. The van der Waals surface area contributed by atoms with Crippen LogP contribution in [0.4, 0.5) is 17.1 Å². The summed E-state index contributed by atoms with van der Waals surface area (Å²) < 4.78 is 0. The summed E-state index contributed by atoms with van der Waals surface area (Å²) in [6, 6.07) is 30.7. The van der Waals surface area contributed by atoms with Crippen molar-refractivity contribution in [2.45, 2.75) is 0 Å². The SMILES string of the molecule is Nc1ccc(C(c2ccc(N)cc2)=c2ccc3c(c2)-c2ccccc2N=3)cc1. The number of benzene rings is 4. The van der Waals surface area contributed by atoms with Gasteiger partial charge in [0.25, 0.3) is 0 Å². The lowest BCUT2D eigenvalue weighted by Crippen LogP contribution is -2.13. The third-order valence-corrected chi connectivity index (χ3v) is 5.12. The lowest BCUT2D eigenvalue weighted by molar-refractivity contribution is 1.39. The minimum Gasteiger partial charge on any atom is -0.399 e. The quantitative estimate of drug-likeness (QED) is 0.466. The molecular formula is C25H19N3. The highest BCUT2D eigenvalue weighted by Crippen LogP contribution is 2.31. The molecule has 134 valence electrons. The lowest BCUT2D eigenvalue weighted by Gasteiger charge is -2.11. The van der Waals surface area contributed by atoms with Gasteiger partial charge in [-0.2, -0.15) is 0 Å². The van der Waals surface area contributed by atoms with E-state index in [1.807, 2.05) is 30.3 Å². The second-order valence-electron chi connectivity index (χ2n) is 6.98. The number of anilines is 2. The molecule has 3 heteroatoms. The number of hydrogen-bond acceptors (Lipinski definition) is 3. The summed E-state index contributed by atoms with van der Waals surface area (Å²) in [5.74, 6) is 0. The number of nitrogen functional groups attached to an aromatic ring is 2. The van der Waals surface area contributed by atoms with Crippen LogP contribution in [0, 0.1) is 0 Å². The molecule has 0 radical (unpaired) electrons. The smallest absolute Gasteiger partial charge is 0.0716 e. The van der Waals surface area contributed by atoms with Crippen LogP contribution in [-0.4, -0.2) is 0 Å². The largest absolute Gasteiger partial charge is 0.399 e. The van der Waals surface area contributed by atoms with Crippen LogP contribution < -0.4 is 22.0 Å². The number of rotatable bonds is 2. The topological polar surface area (TPSA) is 64.4 Å². The molecule has 0 fully saturated rings. The summed E-state index contributed by atoms with van der Waals surface area (Å²) in [7, 11) is 0. The molecule has 0 aromatic heterocycles. The van der Waals surface area contributed by atoms with Crippen molar-refractivity contribution in [3.63, 3.8) is 0 Å². The molecule has 0 saturated carbocycles. The molecule has 0 atom stereocenters. The van der Waals surface area contributed by atoms with E-state index in [-0.39, 0.29) is 0 Å². The zero-order valence-corrected chi connectivity index (χ0v) is 15.3. The van der Waals surface area contributed by atoms with Crippen molar-refractivity contribution in [2.75, 3.05) is 11.5 Å². The Hall–Kier alpha value is -3.85. The third kappa shape index (κ3) is 2.74. The molecule has 28 heavy (non-hydrogen) atoms. The summed E-state index contributed by atoms with van der Waals surface area (Å²) in [6.07, 6.45) is 0. The molecule has 0 unspecified atom stereocenters. The van der Waals surface area contributed by atoms with Crippen LogP contribution in [0.25, 0.3) is 16.7 Å². The van der Waals surface area contributed by atoms with E-state index in [0.717, 1.165) is 49.9 Å². The standard InChI is InChI=1S/C25H19N3/c26-19-10-5-16(6-11-19)25(17-7-12-20(27)13-8-17)18-9-14-24-22(15-18)21-3-1-2-4-23(21)28-24/h1-15H,26-27H2. The highest BCUT2D eigenvalue weighted by Gasteiger charge is 2.14. The summed E-state index contributed by atoms with van der Waals surface area (Å²) >= 11 is 0. The van der Waals surface area contributed by atoms with Gasteiger partial charge in [0.15, 0.2) is 0 Å². The van der Waals surface area contributed by atoms with Gasteiger partial charge in [-0.05, 0) is 64.4 Å². The second-order valence-corrected chi connectivity index (χ2v) is 6.98. The first-order chi connectivity index (χ1) is 13.7. The van der Waals surface area contributed by atoms with E-state index >= 15 is 0 Å². The Bertz CT molecular complexity index is 1250. The maximum absolute atomic E-state index is 5.91. The molecule has 1 aliphatic rings. The molecule has 4 aromatic rings. The molecule has 0 spiro atoms. The molecule has 4 N–H and O–H groups in total. The van der Waals surface area contributed by atoms with Gasteiger partial charge in [0.1, 0.15) is 0 Å². The maximum Gasteiger partial charge on any atom is 0.0716 e. The van der Waals surface area contributed by atoms with Gasteiger partial charge in [-0.25, -0.2) is 4.99 Å². The summed E-state index contributed by atoms with van der Waals surface area (Å²) in [5.41, 5.74) is 20.1. The van der Waals surface area contributed by atoms with Crippen molar-refractivity contribution in [1.29, 1.82) is 0 Å². The van der Waals surface area contributed by atoms with E-state index < -0.39 is 0 Å². The minimum atomic E-state index is 0.752. The summed E-state index contributed by atoms with van der Waals surface area (Å²) in [5, 5.41) is 2.15. The van der Waals surface area contributed by atoms with E-state index in [9.17, 15) is 0 Å². The van der Waals surface area contributed by atoms with Gasteiger partial charge in [0, 0.05) is 22.5 Å². The van der Waals surface area contributed by atoms with Crippen LogP contribution in [0.15, 0.2) is 96.0 Å². The third-order valence-electron chi connectivity index (χ3n) is 5.12. The molecule has 0 amide bonds. The van der Waals surface area contributed by atoms with E-state index in [1.54, 1.807) is 0 Å². The fourth-order valence-electron chi connectivity index (χ4n) is 3.73. The average Bonchev–Trinajstić information content (AvgIpc) is 3.09. The lowest BCUT2D eigenvalue weighted by atomic mass is 9.94. The van der Waals surface area contributed by atoms with Crippen LogP contribution >= 0.6 is 0 Å². The fourth-order valence-corrected chi connectivity index (χ4v) is 3.73. The Labute approximate surface area is 163 Å². The monoisotopic (exact) mass is 361 g/mol. The number of hydrogen-bond donors (Lipinski definition) is 2. The Kier molecular flexibility index (Phi) is 3.73. The van der Waals surface area contributed by atoms with E-state index in [1.165, 1.54) is 5.56 Å². The van der Waals surface area contributed by atoms with Crippen LogP contribution in [-0.2, 0) is 0 Å². The van der Waals surface area contributed by atoms with Crippen LogP contribution in [0.2, 0.25) is 0 Å². The first-order valence-electron chi connectivity index (χ1n) is 9.23. The predicted molar refractivity (Wildman–Crippen MR) is 116 cm³/mol. The van der Waals surface area contributed by atoms with E-state index in [4.69, 9.17) is 16.5 Å². The minimum absolute atomic E-state index is 0.752. The molecule has 1 heterocycles. The van der Waals surface area contributed by atoms with Crippen molar-refractivity contribution in [2.24, 2.45) is 4.99 Å². The van der Waals surface area contributed by atoms with Gasteiger partial charge < -0.3 is 11.5 Å². The van der Waals surface area contributed by atoms with Gasteiger partial charge in [0.05, 0.1) is 11.0 Å². The Morgan fingerprint density at radius 3 is 1.86 bits per heavy atom. The van der Waals surface area contributed by atoms with E-state index in [2.05, 4.69) is 60.7 Å². The van der Waals surface area contributed by atoms with E-state index in [0.29, 0.717) is 0 Å². The molecular weight excluding hydrogens is 342 g/mol. The molecule has 5 rings (SSSR count). The zero-order valence-electron chi connectivity index (χ0n) is 15.3. The molecule has 0 bridgehead atoms.